The van der Waals surface area contributed by atoms with Crippen LogP contribution in [0.25, 0.3) is 0 Å². The second kappa shape index (κ2) is 5.48. The minimum Gasteiger partial charge on any atom is -0.320 e. The number of hydrogen-bond donors (Lipinski definition) is 1. The van der Waals surface area contributed by atoms with E-state index >= 15 is 0 Å². The van der Waals surface area contributed by atoms with Gasteiger partial charge >= 0.3 is 0 Å². The lowest BCUT2D eigenvalue weighted by Gasteiger charge is -2.19. The molecule has 0 amide bonds. The monoisotopic (exact) mass is 271 g/mol. The van der Waals surface area contributed by atoms with Crippen LogP contribution in [0.15, 0.2) is 29.6 Å². The summed E-state index contributed by atoms with van der Waals surface area (Å²) in [6, 6.07) is 9.12. The molecule has 0 aliphatic heterocycles. The molecule has 0 spiro atoms. The Morgan fingerprint density at radius 3 is 2.74 bits per heavy atom. The molecule has 1 nitrogen and oxygen atoms in total. The molecule has 1 aromatic heterocycles. The van der Waals surface area contributed by atoms with E-state index in [9.17, 15) is 0 Å². The van der Waals surface area contributed by atoms with Crippen LogP contribution in [-0.2, 0) is 19.3 Å². The molecule has 0 fully saturated rings. The van der Waals surface area contributed by atoms with E-state index < -0.39 is 0 Å². The molecule has 1 atom stereocenters. The van der Waals surface area contributed by atoms with Crippen LogP contribution in [0.2, 0.25) is 0 Å². The number of nitrogens with two attached hydrogens (primary N) is 1. The molecule has 1 aliphatic rings. The van der Waals surface area contributed by atoms with Crippen molar-refractivity contribution in [3.8, 4) is 0 Å². The van der Waals surface area contributed by atoms with Gasteiger partial charge in [-0.2, -0.15) is 0 Å². The molecule has 1 aromatic carbocycles. The standard InChI is InChI=1S/C17H21NS/c1-2-12-9-10-19-17(12)16(18)15-8-7-13-5-3-4-6-14(13)11-15/h7-11,16H,2-6,18H2,1H3. The zero-order valence-electron chi connectivity index (χ0n) is 11.5. The Labute approximate surface area is 119 Å². The number of fused-ring (bicyclic) bond motifs is 1. The van der Waals surface area contributed by atoms with Gasteiger partial charge in [-0.05, 0) is 65.8 Å². The van der Waals surface area contributed by atoms with Gasteiger partial charge < -0.3 is 5.73 Å². The summed E-state index contributed by atoms with van der Waals surface area (Å²) in [6.45, 7) is 2.20. The third-order valence-corrected chi connectivity index (χ3v) is 5.22. The van der Waals surface area contributed by atoms with Crippen LogP contribution in [0.1, 0.15) is 52.9 Å². The topological polar surface area (TPSA) is 26.0 Å². The first-order valence-corrected chi connectivity index (χ1v) is 8.11. The molecule has 0 saturated carbocycles. The Morgan fingerprint density at radius 2 is 1.95 bits per heavy atom. The van der Waals surface area contributed by atoms with Gasteiger partial charge in [0, 0.05) is 4.88 Å². The van der Waals surface area contributed by atoms with Gasteiger partial charge in [0.05, 0.1) is 6.04 Å². The van der Waals surface area contributed by atoms with E-state index in [0.29, 0.717) is 0 Å². The fourth-order valence-electron chi connectivity index (χ4n) is 3.01. The summed E-state index contributed by atoms with van der Waals surface area (Å²) in [5.74, 6) is 0. The van der Waals surface area contributed by atoms with Gasteiger partial charge in [-0.25, -0.2) is 0 Å². The first kappa shape index (κ1) is 12.9. The van der Waals surface area contributed by atoms with Crippen molar-refractivity contribution in [2.75, 3.05) is 0 Å². The maximum atomic E-state index is 6.48. The number of rotatable bonds is 3. The summed E-state index contributed by atoms with van der Waals surface area (Å²) in [5.41, 5.74) is 12.2. The molecule has 0 bridgehead atoms. The quantitative estimate of drug-likeness (QED) is 0.888. The highest BCUT2D eigenvalue weighted by molar-refractivity contribution is 7.10. The fraction of sp³-hybridized carbons (Fsp3) is 0.412. The minimum absolute atomic E-state index is 0.0437. The SMILES string of the molecule is CCc1ccsc1C(N)c1ccc2c(c1)CCCC2. The van der Waals surface area contributed by atoms with E-state index in [0.717, 1.165) is 6.42 Å². The normalized spacial score (nSPS) is 16.1. The summed E-state index contributed by atoms with van der Waals surface area (Å²) >= 11 is 1.79. The Balaban J connectivity index is 1.93. The van der Waals surface area contributed by atoms with Crippen molar-refractivity contribution in [3.05, 3.63) is 56.8 Å². The maximum absolute atomic E-state index is 6.48. The second-order valence-electron chi connectivity index (χ2n) is 5.38. The molecule has 1 aliphatic carbocycles. The van der Waals surface area contributed by atoms with E-state index in [1.165, 1.54) is 52.8 Å². The van der Waals surface area contributed by atoms with E-state index in [-0.39, 0.29) is 6.04 Å². The molecule has 19 heavy (non-hydrogen) atoms. The van der Waals surface area contributed by atoms with Crippen LogP contribution < -0.4 is 5.73 Å². The van der Waals surface area contributed by atoms with Gasteiger partial charge in [0.15, 0.2) is 0 Å². The van der Waals surface area contributed by atoms with Crippen molar-refractivity contribution in [2.24, 2.45) is 5.73 Å². The van der Waals surface area contributed by atoms with Crippen molar-refractivity contribution >= 4 is 11.3 Å². The summed E-state index contributed by atoms with van der Waals surface area (Å²) in [5, 5.41) is 2.16. The molecule has 2 aromatic rings. The van der Waals surface area contributed by atoms with Gasteiger partial charge in [0.2, 0.25) is 0 Å². The molecule has 2 heteroatoms. The van der Waals surface area contributed by atoms with Crippen molar-refractivity contribution in [1.82, 2.24) is 0 Å². The zero-order chi connectivity index (χ0) is 13.2. The number of aryl methyl sites for hydroxylation is 3. The first-order valence-electron chi connectivity index (χ1n) is 7.23. The highest BCUT2D eigenvalue weighted by Crippen LogP contribution is 2.31. The summed E-state index contributed by atoms with van der Waals surface area (Å²) in [7, 11) is 0. The van der Waals surface area contributed by atoms with Gasteiger partial charge in [-0.15, -0.1) is 11.3 Å². The summed E-state index contributed by atoms with van der Waals surface area (Å²) < 4.78 is 0. The molecular formula is C17H21NS. The molecule has 3 rings (SSSR count). The molecule has 1 heterocycles. The predicted molar refractivity (Wildman–Crippen MR) is 82.8 cm³/mol. The van der Waals surface area contributed by atoms with Crippen molar-refractivity contribution in [1.29, 1.82) is 0 Å². The van der Waals surface area contributed by atoms with Crippen LogP contribution in [0.5, 0.6) is 0 Å². The Hall–Kier alpha value is -1.12. The van der Waals surface area contributed by atoms with Gasteiger partial charge in [0.25, 0.3) is 0 Å². The lowest BCUT2D eigenvalue weighted by Crippen LogP contribution is -2.13. The highest BCUT2D eigenvalue weighted by atomic mass is 32.1. The third-order valence-electron chi connectivity index (χ3n) is 4.18. The van der Waals surface area contributed by atoms with Crippen LogP contribution in [-0.4, -0.2) is 0 Å². The highest BCUT2D eigenvalue weighted by Gasteiger charge is 2.16. The van der Waals surface area contributed by atoms with E-state index in [4.69, 9.17) is 5.73 Å². The zero-order valence-corrected chi connectivity index (χ0v) is 12.3. The lowest BCUT2D eigenvalue weighted by atomic mass is 9.89. The molecule has 2 N–H and O–H groups in total. The number of benzene rings is 1. The molecule has 0 radical (unpaired) electrons. The van der Waals surface area contributed by atoms with Crippen LogP contribution in [0.3, 0.4) is 0 Å². The summed E-state index contributed by atoms with van der Waals surface area (Å²) in [6.07, 6.45) is 6.19. The minimum atomic E-state index is 0.0437. The maximum Gasteiger partial charge on any atom is 0.0648 e. The smallest absolute Gasteiger partial charge is 0.0648 e. The average Bonchev–Trinajstić information content (AvgIpc) is 2.94. The predicted octanol–water partition coefficient (Wildman–Crippen LogP) is 4.24. The third kappa shape index (κ3) is 2.47. The summed E-state index contributed by atoms with van der Waals surface area (Å²) in [4.78, 5) is 1.33. The van der Waals surface area contributed by atoms with E-state index in [2.05, 4.69) is 36.6 Å². The van der Waals surface area contributed by atoms with E-state index in [1.807, 2.05) is 0 Å². The van der Waals surface area contributed by atoms with Gasteiger partial charge in [0.1, 0.15) is 0 Å². The van der Waals surface area contributed by atoms with E-state index in [1.54, 1.807) is 11.3 Å². The van der Waals surface area contributed by atoms with Crippen LogP contribution in [0.4, 0.5) is 0 Å². The van der Waals surface area contributed by atoms with Gasteiger partial charge in [-0.3, -0.25) is 0 Å². The Bertz CT molecular complexity index is 570. The number of hydrogen-bond acceptors (Lipinski definition) is 2. The van der Waals surface area contributed by atoms with Crippen LogP contribution >= 0.6 is 11.3 Å². The van der Waals surface area contributed by atoms with Crippen LogP contribution in [0, 0.1) is 0 Å². The molecular weight excluding hydrogens is 250 g/mol. The largest absolute Gasteiger partial charge is 0.320 e. The molecule has 1 unspecified atom stereocenters. The first-order chi connectivity index (χ1) is 9.29. The molecule has 100 valence electrons. The van der Waals surface area contributed by atoms with Crippen molar-refractivity contribution in [3.63, 3.8) is 0 Å². The van der Waals surface area contributed by atoms with Gasteiger partial charge in [-0.1, -0.05) is 25.1 Å². The second-order valence-corrected chi connectivity index (χ2v) is 6.32. The van der Waals surface area contributed by atoms with Crippen molar-refractivity contribution in [2.45, 2.75) is 45.1 Å². The number of thiophene rings is 1. The van der Waals surface area contributed by atoms with Crippen molar-refractivity contribution < 1.29 is 0 Å². The Kier molecular flexibility index (Phi) is 3.72. The Morgan fingerprint density at radius 1 is 1.16 bits per heavy atom. The fourth-order valence-corrected chi connectivity index (χ4v) is 4.04. The lowest BCUT2D eigenvalue weighted by molar-refractivity contribution is 0.683. The average molecular weight is 271 g/mol. The molecule has 0 saturated heterocycles.